The third kappa shape index (κ3) is 2.97. The van der Waals surface area contributed by atoms with Gasteiger partial charge in [-0.3, -0.25) is 9.59 Å². The summed E-state index contributed by atoms with van der Waals surface area (Å²) in [4.78, 5) is 25.8. The summed E-state index contributed by atoms with van der Waals surface area (Å²) < 4.78 is 0. The largest absolute Gasteiger partial charge is 0.481 e. The standard InChI is InChI=1S/C15H24N2O3/c18-14(10-3-4-10)16-13-6-5-11(9-12(13)15(19)20)17-7-1-2-8-17/h10-13H,1-9H2,(H,16,18)(H,19,20). The van der Waals surface area contributed by atoms with Crippen LogP contribution in [0.1, 0.15) is 44.9 Å². The first-order valence-corrected chi connectivity index (χ1v) is 7.92. The zero-order chi connectivity index (χ0) is 14.1. The second-order valence-electron chi connectivity index (χ2n) is 6.54. The number of hydrogen-bond donors (Lipinski definition) is 2. The van der Waals surface area contributed by atoms with Gasteiger partial charge in [0.1, 0.15) is 0 Å². The van der Waals surface area contributed by atoms with Gasteiger partial charge in [-0.25, -0.2) is 0 Å². The number of rotatable bonds is 4. The molecular formula is C15H24N2O3. The molecule has 0 aromatic rings. The minimum atomic E-state index is -0.755. The number of carbonyl (C=O) groups is 2. The fraction of sp³-hybridized carbons (Fsp3) is 0.867. The zero-order valence-corrected chi connectivity index (χ0v) is 11.9. The van der Waals surface area contributed by atoms with E-state index in [1.54, 1.807) is 0 Å². The summed E-state index contributed by atoms with van der Waals surface area (Å²) in [5.74, 6) is -0.950. The van der Waals surface area contributed by atoms with Crippen LogP contribution in [0.15, 0.2) is 0 Å². The maximum Gasteiger partial charge on any atom is 0.308 e. The molecule has 5 nitrogen and oxygen atoms in total. The summed E-state index contributed by atoms with van der Waals surface area (Å²) in [5.41, 5.74) is 0. The van der Waals surface area contributed by atoms with Crippen LogP contribution < -0.4 is 5.32 Å². The first kappa shape index (κ1) is 13.9. The van der Waals surface area contributed by atoms with Crippen LogP contribution in [0.2, 0.25) is 0 Å². The summed E-state index contributed by atoms with van der Waals surface area (Å²) in [6.07, 6.45) is 6.90. The van der Waals surface area contributed by atoms with Crippen LogP contribution in [0.4, 0.5) is 0 Å². The van der Waals surface area contributed by atoms with Crippen molar-refractivity contribution in [1.82, 2.24) is 10.2 Å². The highest BCUT2D eigenvalue weighted by molar-refractivity contribution is 5.82. The quantitative estimate of drug-likeness (QED) is 0.812. The fourth-order valence-corrected chi connectivity index (χ4v) is 3.68. The van der Waals surface area contributed by atoms with Gasteiger partial charge in [-0.05, 0) is 58.0 Å². The third-order valence-electron chi connectivity index (χ3n) is 5.07. The monoisotopic (exact) mass is 280 g/mol. The molecule has 0 bridgehead atoms. The molecule has 3 rings (SSSR count). The van der Waals surface area contributed by atoms with Crippen molar-refractivity contribution in [2.24, 2.45) is 11.8 Å². The first-order valence-electron chi connectivity index (χ1n) is 7.92. The molecule has 0 aromatic heterocycles. The lowest BCUT2D eigenvalue weighted by Crippen LogP contribution is -2.51. The van der Waals surface area contributed by atoms with Crippen molar-refractivity contribution in [3.8, 4) is 0 Å². The van der Waals surface area contributed by atoms with Crippen molar-refractivity contribution in [3.63, 3.8) is 0 Å². The number of amides is 1. The summed E-state index contributed by atoms with van der Waals surface area (Å²) in [7, 11) is 0. The van der Waals surface area contributed by atoms with Gasteiger partial charge in [0.25, 0.3) is 0 Å². The molecule has 1 heterocycles. The minimum Gasteiger partial charge on any atom is -0.481 e. The predicted molar refractivity (Wildman–Crippen MR) is 74.2 cm³/mol. The number of carbonyl (C=O) groups excluding carboxylic acids is 1. The number of hydrogen-bond acceptors (Lipinski definition) is 3. The number of aliphatic carboxylic acids is 1. The molecule has 2 N–H and O–H groups in total. The summed E-state index contributed by atoms with van der Waals surface area (Å²) in [6.45, 7) is 2.21. The van der Waals surface area contributed by atoms with Crippen molar-refractivity contribution in [2.45, 2.75) is 57.0 Å². The van der Waals surface area contributed by atoms with Crippen LogP contribution in [0.3, 0.4) is 0 Å². The second-order valence-corrected chi connectivity index (χ2v) is 6.54. The Balaban J connectivity index is 1.60. The van der Waals surface area contributed by atoms with E-state index in [0.29, 0.717) is 12.5 Å². The Kier molecular flexibility index (Phi) is 3.96. The van der Waals surface area contributed by atoms with E-state index in [-0.39, 0.29) is 17.9 Å². The van der Waals surface area contributed by atoms with Crippen molar-refractivity contribution < 1.29 is 14.7 Å². The second kappa shape index (κ2) is 5.72. The fourth-order valence-electron chi connectivity index (χ4n) is 3.68. The molecule has 1 amide bonds. The Morgan fingerprint density at radius 1 is 1.05 bits per heavy atom. The molecule has 3 fully saturated rings. The van der Waals surface area contributed by atoms with E-state index in [9.17, 15) is 14.7 Å². The normalized spacial score (nSPS) is 34.9. The lowest BCUT2D eigenvalue weighted by Gasteiger charge is -2.38. The zero-order valence-electron chi connectivity index (χ0n) is 11.9. The summed E-state index contributed by atoms with van der Waals surface area (Å²) in [5, 5.41) is 12.5. The number of nitrogens with zero attached hydrogens (tertiary/aromatic N) is 1. The number of nitrogens with one attached hydrogen (secondary N) is 1. The van der Waals surface area contributed by atoms with Crippen LogP contribution in [-0.2, 0) is 9.59 Å². The molecule has 0 radical (unpaired) electrons. The van der Waals surface area contributed by atoms with Crippen LogP contribution in [0.5, 0.6) is 0 Å². The smallest absolute Gasteiger partial charge is 0.308 e. The Labute approximate surface area is 119 Å². The van der Waals surface area contributed by atoms with Gasteiger partial charge in [0.15, 0.2) is 0 Å². The molecular weight excluding hydrogens is 256 g/mol. The Morgan fingerprint density at radius 2 is 1.75 bits per heavy atom. The molecule has 3 atom stereocenters. The van der Waals surface area contributed by atoms with Gasteiger partial charge in [0, 0.05) is 18.0 Å². The topological polar surface area (TPSA) is 69.6 Å². The van der Waals surface area contributed by atoms with Crippen LogP contribution in [0.25, 0.3) is 0 Å². The number of carboxylic acids is 1. The molecule has 5 heteroatoms. The highest BCUT2D eigenvalue weighted by Crippen LogP contribution is 2.33. The van der Waals surface area contributed by atoms with Crippen molar-refractivity contribution >= 4 is 11.9 Å². The molecule has 3 unspecified atom stereocenters. The van der Waals surface area contributed by atoms with E-state index in [1.165, 1.54) is 12.8 Å². The van der Waals surface area contributed by atoms with E-state index in [1.807, 2.05) is 0 Å². The predicted octanol–water partition coefficient (Wildman–Crippen LogP) is 1.23. The van der Waals surface area contributed by atoms with Crippen LogP contribution in [0, 0.1) is 11.8 Å². The summed E-state index contributed by atoms with van der Waals surface area (Å²) >= 11 is 0. The lowest BCUT2D eigenvalue weighted by atomic mass is 9.80. The van der Waals surface area contributed by atoms with Gasteiger partial charge in [0.05, 0.1) is 5.92 Å². The SMILES string of the molecule is O=C(NC1CCC(N2CCCC2)CC1C(=O)O)C1CC1. The molecule has 1 aliphatic heterocycles. The van der Waals surface area contributed by atoms with E-state index in [2.05, 4.69) is 10.2 Å². The Morgan fingerprint density at radius 3 is 2.35 bits per heavy atom. The number of likely N-dealkylation sites (tertiary alicyclic amines) is 1. The van der Waals surface area contributed by atoms with Gasteiger partial charge in [-0.15, -0.1) is 0 Å². The van der Waals surface area contributed by atoms with Gasteiger partial charge in [-0.1, -0.05) is 0 Å². The Bertz CT molecular complexity index is 389. The maximum atomic E-state index is 11.9. The molecule has 112 valence electrons. The molecule has 1 saturated heterocycles. The first-order chi connectivity index (χ1) is 9.65. The third-order valence-corrected chi connectivity index (χ3v) is 5.07. The average Bonchev–Trinajstić information content (AvgIpc) is 3.15. The molecule has 0 aromatic carbocycles. The van der Waals surface area contributed by atoms with Gasteiger partial charge >= 0.3 is 5.97 Å². The molecule has 2 aliphatic carbocycles. The van der Waals surface area contributed by atoms with Crippen LogP contribution >= 0.6 is 0 Å². The van der Waals surface area contributed by atoms with Gasteiger partial charge < -0.3 is 15.3 Å². The molecule has 0 spiro atoms. The summed E-state index contributed by atoms with van der Waals surface area (Å²) in [6, 6.07) is 0.229. The van der Waals surface area contributed by atoms with E-state index in [0.717, 1.165) is 38.8 Å². The van der Waals surface area contributed by atoms with Crippen molar-refractivity contribution in [3.05, 3.63) is 0 Å². The lowest BCUT2D eigenvalue weighted by molar-refractivity contribution is -0.145. The highest BCUT2D eigenvalue weighted by Gasteiger charge is 2.40. The highest BCUT2D eigenvalue weighted by atomic mass is 16.4. The van der Waals surface area contributed by atoms with Gasteiger partial charge in [-0.2, -0.15) is 0 Å². The molecule has 2 saturated carbocycles. The molecule has 3 aliphatic rings. The number of carboxylic acid groups (broad SMARTS) is 1. The van der Waals surface area contributed by atoms with E-state index >= 15 is 0 Å². The van der Waals surface area contributed by atoms with Crippen LogP contribution in [-0.4, -0.2) is 47.1 Å². The van der Waals surface area contributed by atoms with Gasteiger partial charge in [0.2, 0.25) is 5.91 Å². The van der Waals surface area contributed by atoms with E-state index in [4.69, 9.17) is 0 Å². The van der Waals surface area contributed by atoms with Crippen molar-refractivity contribution in [1.29, 1.82) is 0 Å². The average molecular weight is 280 g/mol. The maximum absolute atomic E-state index is 11.9. The molecule has 20 heavy (non-hydrogen) atoms. The van der Waals surface area contributed by atoms with Crippen molar-refractivity contribution in [2.75, 3.05) is 13.1 Å². The minimum absolute atomic E-state index is 0.0703. The van der Waals surface area contributed by atoms with E-state index < -0.39 is 11.9 Å². The Hall–Kier alpha value is -1.10.